The maximum atomic E-state index is 13.3. The highest BCUT2D eigenvalue weighted by Crippen LogP contribution is 2.33. The highest BCUT2D eigenvalue weighted by Gasteiger charge is 2.19. The van der Waals surface area contributed by atoms with Crippen LogP contribution >= 0.6 is 0 Å². The van der Waals surface area contributed by atoms with E-state index in [-0.39, 0.29) is 22.8 Å². The van der Waals surface area contributed by atoms with Gasteiger partial charge in [-0.15, -0.1) is 0 Å². The Balaban J connectivity index is 1.78. The van der Waals surface area contributed by atoms with Crippen molar-refractivity contribution in [2.24, 2.45) is 0 Å². The fraction of sp³-hybridized carbons (Fsp3) is 0.179. The predicted molar refractivity (Wildman–Crippen MR) is 130 cm³/mol. The van der Waals surface area contributed by atoms with Gasteiger partial charge in [-0.25, -0.2) is 14.4 Å². The van der Waals surface area contributed by atoms with E-state index in [9.17, 15) is 18.8 Å². The SMILES string of the molecule is C=C(F)C(=O)Oc1cc(OC(=O)c2ccc(C)cc2)ccc1OC(=O)c1ccc(OCCCC)cc1. The van der Waals surface area contributed by atoms with Crippen LogP contribution in [0.3, 0.4) is 0 Å². The zero-order valence-electron chi connectivity index (χ0n) is 19.9. The minimum Gasteiger partial charge on any atom is -0.494 e. The van der Waals surface area contributed by atoms with Gasteiger partial charge in [0.1, 0.15) is 11.5 Å². The van der Waals surface area contributed by atoms with Crippen molar-refractivity contribution in [3.8, 4) is 23.0 Å². The highest BCUT2D eigenvalue weighted by molar-refractivity contribution is 5.93. The third-order valence-electron chi connectivity index (χ3n) is 4.90. The average molecular weight is 492 g/mol. The van der Waals surface area contributed by atoms with Crippen LogP contribution in [0.4, 0.5) is 4.39 Å². The van der Waals surface area contributed by atoms with Crippen LogP contribution in [0.15, 0.2) is 79.1 Å². The van der Waals surface area contributed by atoms with E-state index in [1.165, 1.54) is 24.3 Å². The number of hydrogen-bond donors (Lipinski definition) is 0. The first-order valence-corrected chi connectivity index (χ1v) is 11.2. The van der Waals surface area contributed by atoms with Crippen molar-refractivity contribution in [3.63, 3.8) is 0 Å². The summed E-state index contributed by atoms with van der Waals surface area (Å²) in [6.07, 6.45) is 1.91. The molecule has 0 aliphatic heterocycles. The van der Waals surface area contributed by atoms with E-state index < -0.39 is 23.7 Å². The van der Waals surface area contributed by atoms with E-state index in [1.54, 1.807) is 36.4 Å². The van der Waals surface area contributed by atoms with Crippen molar-refractivity contribution in [3.05, 3.63) is 95.8 Å². The van der Waals surface area contributed by atoms with Gasteiger partial charge in [0.2, 0.25) is 5.83 Å². The Labute approximate surface area is 208 Å². The van der Waals surface area contributed by atoms with E-state index in [0.717, 1.165) is 24.5 Å². The number of halogens is 1. The molecular weight excluding hydrogens is 467 g/mol. The molecule has 0 N–H and O–H groups in total. The van der Waals surface area contributed by atoms with Crippen molar-refractivity contribution >= 4 is 17.9 Å². The van der Waals surface area contributed by atoms with E-state index in [1.807, 2.05) is 6.92 Å². The molecule has 0 atom stereocenters. The molecule has 0 heterocycles. The topological polar surface area (TPSA) is 88.1 Å². The zero-order valence-corrected chi connectivity index (χ0v) is 19.9. The lowest BCUT2D eigenvalue weighted by Crippen LogP contribution is -2.13. The smallest absolute Gasteiger partial charge is 0.372 e. The lowest BCUT2D eigenvalue weighted by molar-refractivity contribution is -0.131. The molecule has 0 saturated heterocycles. The van der Waals surface area contributed by atoms with Gasteiger partial charge < -0.3 is 18.9 Å². The molecule has 0 radical (unpaired) electrons. The molecule has 0 aliphatic carbocycles. The summed E-state index contributed by atoms with van der Waals surface area (Å²) in [6.45, 7) is 7.39. The van der Waals surface area contributed by atoms with Gasteiger partial charge in [-0.05, 0) is 61.9 Å². The molecule has 7 nitrogen and oxygen atoms in total. The van der Waals surface area contributed by atoms with E-state index >= 15 is 0 Å². The van der Waals surface area contributed by atoms with Crippen LogP contribution in [0, 0.1) is 6.92 Å². The molecule has 8 heteroatoms. The molecule has 0 spiro atoms. The highest BCUT2D eigenvalue weighted by atomic mass is 19.1. The fourth-order valence-corrected chi connectivity index (χ4v) is 2.91. The molecule has 0 aromatic heterocycles. The van der Waals surface area contributed by atoms with Crippen molar-refractivity contribution < 1.29 is 37.7 Å². The van der Waals surface area contributed by atoms with Gasteiger partial charge in [-0.2, -0.15) is 4.39 Å². The number of unbranched alkanes of at least 4 members (excludes halogenated alkanes) is 1. The third kappa shape index (κ3) is 7.27. The van der Waals surface area contributed by atoms with Gasteiger partial charge in [0, 0.05) is 6.07 Å². The van der Waals surface area contributed by atoms with Crippen molar-refractivity contribution in [1.29, 1.82) is 0 Å². The number of hydrogen-bond acceptors (Lipinski definition) is 7. The second-order valence-corrected chi connectivity index (χ2v) is 7.77. The minimum atomic E-state index is -1.39. The van der Waals surface area contributed by atoms with Crippen LogP contribution in [0.1, 0.15) is 46.0 Å². The predicted octanol–water partition coefficient (Wildman–Crippen LogP) is 6.00. The lowest BCUT2D eigenvalue weighted by atomic mass is 10.1. The lowest BCUT2D eigenvalue weighted by Gasteiger charge is -2.12. The molecule has 3 aromatic rings. The molecule has 0 fully saturated rings. The van der Waals surface area contributed by atoms with Crippen molar-refractivity contribution in [2.75, 3.05) is 6.61 Å². The maximum Gasteiger partial charge on any atom is 0.372 e. The van der Waals surface area contributed by atoms with Gasteiger partial charge in [-0.1, -0.05) is 37.6 Å². The quantitative estimate of drug-likeness (QED) is 0.148. The van der Waals surface area contributed by atoms with E-state index in [0.29, 0.717) is 17.9 Å². The standard InChI is InChI=1S/C28H25FO7/c1-4-5-16-33-22-12-10-21(11-13-22)28(32)35-24-15-14-23(17-25(24)36-26(30)19(3)29)34-27(31)20-8-6-18(2)7-9-20/h6-15,17H,3-5,16H2,1-2H3. The monoisotopic (exact) mass is 492 g/mol. The molecule has 0 aliphatic rings. The molecular formula is C28H25FO7. The molecule has 3 rings (SSSR count). The normalized spacial score (nSPS) is 10.3. The van der Waals surface area contributed by atoms with Crippen LogP contribution in [-0.4, -0.2) is 24.5 Å². The second kappa shape index (κ2) is 12.3. The second-order valence-electron chi connectivity index (χ2n) is 7.77. The molecule has 0 saturated carbocycles. The molecule has 3 aromatic carbocycles. The summed E-state index contributed by atoms with van der Waals surface area (Å²) in [5.41, 5.74) is 1.48. The van der Waals surface area contributed by atoms with E-state index in [2.05, 4.69) is 13.5 Å². The van der Waals surface area contributed by atoms with Gasteiger partial charge in [0.25, 0.3) is 0 Å². The Bertz CT molecular complexity index is 1250. The number of benzene rings is 3. The maximum absolute atomic E-state index is 13.3. The van der Waals surface area contributed by atoms with Crippen molar-refractivity contribution in [2.45, 2.75) is 26.7 Å². The largest absolute Gasteiger partial charge is 0.494 e. The van der Waals surface area contributed by atoms with Gasteiger partial charge >= 0.3 is 17.9 Å². The molecule has 0 amide bonds. The Kier molecular flexibility index (Phi) is 8.94. The summed E-state index contributed by atoms with van der Waals surface area (Å²) < 4.78 is 34.5. The molecule has 36 heavy (non-hydrogen) atoms. The number of aryl methyl sites for hydroxylation is 1. The van der Waals surface area contributed by atoms with Gasteiger partial charge in [0.05, 0.1) is 17.7 Å². The molecule has 0 unspecified atom stereocenters. The summed E-state index contributed by atoms with van der Waals surface area (Å²) in [7, 11) is 0. The number of carbonyl (C=O) groups excluding carboxylic acids is 3. The minimum absolute atomic E-state index is 0.0128. The summed E-state index contributed by atoms with van der Waals surface area (Å²) in [5.74, 6) is -4.08. The Morgan fingerprint density at radius 3 is 1.97 bits per heavy atom. The van der Waals surface area contributed by atoms with Crippen LogP contribution < -0.4 is 18.9 Å². The first kappa shape index (κ1) is 26.2. The average Bonchev–Trinajstić information content (AvgIpc) is 2.86. The third-order valence-corrected chi connectivity index (χ3v) is 4.90. The molecule has 0 bridgehead atoms. The summed E-state index contributed by atoms with van der Waals surface area (Å²) in [6, 6.07) is 16.8. The molecule has 186 valence electrons. The Hall–Kier alpha value is -4.46. The summed E-state index contributed by atoms with van der Waals surface area (Å²) in [4.78, 5) is 36.9. The summed E-state index contributed by atoms with van der Waals surface area (Å²) in [5, 5.41) is 0. The number of esters is 3. The number of carbonyl (C=O) groups is 3. The summed E-state index contributed by atoms with van der Waals surface area (Å²) >= 11 is 0. The first-order chi connectivity index (χ1) is 17.3. The fourth-order valence-electron chi connectivity index (χ4n) is 2.91. The number of rotatable bonds is 10. The van der Waals surface area contributed by atoms with Crippen LogP contribution in [0.2, 0.25) is 0 Å². The Morgan fingerprint density at radius 2 is 1.36 bits per heavy atom. The zero-order chi connectivity index (χ0) is 26.1. The van der Waals surface area contributed by atoms with Crippen LogP contribution in [-0.2, 0) is 4.79 Å². The van der Waals surface area contributed by atoms with Crippen LogP contribution in [0.25, 0.3) is 0 Å². The van der Waals surface area contributed by atoms with Crippen LogP contribution in [0.5, 0.6) is 23.0 Å². The van der Waals surface area contributed by atoms with Crippen molar-refractivity contribution in [1.82, 2.24) is 0 Å². The number of ether oxygens (including phenoxy) is 4. The van der Waals surface area contributed by atoms with Gasteiger partial charge in [0.15, 0.2) is 11.5 Å². The van der Waals surface area contributed by atoms with Gasteiger partial charge in [-0.3, -0.25) is 0 Å². The van der Waals surface area contributed by atoms with E-state index in [4.69, 9.17) is 18.9 Å². The Morgan fingerprint density at radius 1 is 0.778 bits per heavy atom. The first-order valence-electron chi connectivity index (χ1n) is 11.2.